The van der Waals surface area contributed by atoms with Crippen LogP contribution in [0.3, 0.4) is 0 Å². The van der Waals surface area contributed by atoms with Gasteiger partial charge in [0, 0.05) is 24.5 Å². The molecule has 0 saturated carbocycles. The molecule has 2 aliphatic heterocycles. The highest BCUT2D eigenvalue weighted by atomic mass is 16.5. The highest BCUT2D eigenvalue weighted by molar-refractivity contribution is 5.90. The van der Waals surface area contributed by atoms with Crippen LogP contribution in [0.1, 0.15) is 11.7 Å². The van der Waals surface area contributed by atoms with Gasteiger partial charge in [-0.25, -0.2) is 0 Å². The highest BCUT2D eigenvalue weighted by Crippen LogP contribution is 2.48. The lowest BCUT2D eigenvalue weighted by atomic mass is 9.74. The molecule has 1 spiro atoms. The number of Topliss-reactive ketones (excluding diaryl/α,β-unsaturated/α-hetero) is 1. The Kier molecular flexibility index (Phi) is 1.87. The van der Waals surface area contributed by atoms with E-state index in [2.05, 4.69) is 10.3 Å². The summed E-state index contributed by atoms with van der Waals surface area (Å²) in [7, 11) is 0. The molecule has 2 unspecified atom stereocenters. The molecule has 2 atom stereocenters. The van der Waals surface area contributed by atoms with E-state index in [0.29, 0.717) is 13.2 Å². The Labute approximate surface area is 87.7 Å². The van der Waals surface area contributed by atoms with E-state index in [1.165, 1.54) is 0 Å². The molecule has 4 nitrogen and oxygen atoms in total. The van der Waals surface area contributed by atoms with Crippen molar-refractivity contribution >= 4 is 5.78 Å². The number of ether oxygens (including phenoxy) is 1. The van der Waals surface area contributed by atoms with Gasteiger partial charge in [0.05, 0.1) is 18.6 Å². The fourth-order valence-corrected chi connectivity index (χ4v) is 2.36. The lowest BCUT2D eigenvalue weighted by Crippen LogP contribution is -2.51. The summed E-state index contributed by atoms with van der Waals surface area (Å²) in [5.41, 5.74) is 0.684. The zero-order chi connectivity index (χ0) is 10.3. The van der Waals surface area contributed by atoms with Crippen molar-refractivity contribution in [1.29, 1.82) is 0 Å². The maximum absolute atomic E-state index is 11.8. The minimum Gasteiger partial charge on any atom is -0.371 e. The summed E-state index contributed by atoms with van der Waals surface area (Å²) in [6.45, 7) is 1.74. The molecule has 0 aliphatic carbocycles. The predicted molar refractivity (Wildman–Crippen MR) is 53.2 cm³/mol. The van der Waals surface area contributed by atoms with Crippen molar-refractivity contribution in [3.8, 4) is 0 Å². The quantitative estimate of drug-likeness (QED) is 0.715. The zero-order valence-corrected chi connectivity index (χ0v) is 8.27. The van der Waals surface area contributed by atoms with Gasteiger partial charge in [-0.3, -0.25) is 9.78 Å². The summed E-state index contributed by atoms with van der Waals surface area (Å²) in [5.74, 6) is 0.266. The van der Waals surface area contributed by atoms with E-state index in [-0.39, 0.29) is 17.3 Å². The molecule has 0 amide bonds. The van der Waals surface area contributed by atoms with E-state index < -0.39 is 0 Å². The Morgan fingerprint density at radius 1 is 1.60 bits per heavy atom. The number of nitrogens with one attached hydrogen (secondary N) is 1. The van der Waals surface area contributed by atoms with Crippen LogP contribution in [0, 0.1) is 5.41 Å². The lowest BCUT2D eigenvalue weighted by molar-refractivity contribution is -0.186. The molecular formula is C11H12N2O2. The van der Waals surface area contributed by atoms with Gasteiger partial charge in [-0.1, -0.05) is 6.07 Å². The second-order valence-electron chi connectivity index (χ2n) is 4.16. The molecule has 3 heterocycles. The van der Waals surface area contributed by atoms with Gasteiger partial charge >= 0.3 is 0 Å². The Hall–Kier alpha value is -1.26. The Balaban J connectivity index is 1.93. The first-order valence-corrected chi connectivity index (χ1v) is 5.08. The number of hydrogen-bond acceptors (Lipinski definition) is 4. The molecule has 2 fully saturated rings. The van der Waals surface area contributed by atoms with Crippen LogP contribution in [0.25, 0.3) is 0 Å². The third kappa shape index (κ3) is 1.15. The largest absolute Gasteiger partial charge is 0.371 e. The summed E-state index contributed by atoms with van der Waals surface area (Å²) >= 11 is 0. The van der Waals surface area contributed by atoms with Gasteiger partial charge in [0.25, 0.3) is 0 Å². The molecule has 1 N–H and O–H groups in total. The van der Waals surface area contributed by atoms with Crippen molar-refractivity contribution < 1.29 is 9.53 Å². The number of nitrogens with zero attached hydrogens (tertiary/aromatic N) is 1. The minimum absolute atomic E-state index is 0.103. The summed E-state index contributed by atoms with van der Waals surface area (Å²) < 4.78 is 5.52. The maximum Gasteiger partial charge on any atom is 0.159 e. The first kappa shape index (κ1) is 9.00. The molecule has 15 heavy (non-hydrogen) atoms. The molecule has 4 heteroatoms. The third-order valence-corrected chi connectivity index (χ3v) is 3.28. The standard InChI is InChI=1S/C11H12N2O2/c14-9-5-13-6-11(9)7-15-10(11)8-2-1-3-12-4-8/h1-4,10,13H,5-7H2. The van der Waals surface area contributed by atoms with Crippen molar-refractivity contribution in [2.45, 2.75) is 6.10 Å². The zero-order valence-electron chi connectivity index (χ0n) is 8.27. The Morgan fingerprint density at radius 3 is 3.07 bits per heavy atom. The second-order valence-corrected chi connectivity index (χ2v) is 4.16. The molecule has 78 valence electrons. The number of carbonyl (C=O) groups excluding carboxylic acids is 1. The van der Waals surface area contributed by atoms with Crippen LogP contribution < -0.4 is 5.32 Å². The average molecular weight is 204 g/mol. The summed E-state index contributed by atoms with van der Waals surface area (Å²) in [6.07, 6.45) is 3.40. The van der Waals surface area contributed by atoms with E-state index in [1.54, 1.807) is 12.4 Å². The summed E-state index contributed by atoms with van der Waals surface area (Å²) in [6, 6.07) is 3.84. The monoisotopic (exact) mass is 204 g/mol. The average Bonchev–Trinajstić information content (AvgIpc) is 2.62. The third-order valence-electron chi connectivity index (χ3n) is 3.28. The Bertz CT molecular complexity index is 393. The number of hydrogen-bond donors (Lipinski definition) is 1. The smallest absolute Gasteiger partial charge is 0.159 e. The van der Waals surface area contributed by atoms with E-state index in [0.717, 1.165) is 12.1 Å². The van der Waals surface area contributed by atoms with Gasteiger partial charge in [0.15, 0.2) is 5.78 Å². The maximum atomic E-state index is 11.8. The number of aromatic nitrogens is 1. The van der Waals surface area contributed by atoms with E-state index in [4.69, 9.17) is 4.74 Å². The topological polar surface area (TPSA) is 51.2 Å². The summed E-state index contributed by atoms with van der Waals surface area (Å²) in [4.78, 5) is 15.9. The van der Waals surface area contributed by atoms with E-state index >= 15 is 0 Å². The first-order valence-electron chi connectivity index (χ1n) is 5.08. The van der Waals surface area contributed by atoms with Crippen molar-refractivity contribution in [3.63, 3.8) is 0 Å². The van der Waals surface area contributed by atoms with Crippen molar-refractivity contribution in [2.75, 3.05) is 19.7 Å². The highest BCUT2D eigenvalue weighted by Gasteiger charge is 2.56. The van der Waals surface area contributed by atoms with E-state index in [9.17, 15) is 4.79 Å². The van der Waals surface area contributed by atoms with Crippen LogP contribution in [-0.2, 0) is 9.53 Å². The molecule has 1 aromatic heterocycles. The first-order chi connectivity index (χ1) is 7.33. The molecule has 2 aliphatic rings. The molecule has 3 rings (SSSR count). The van der Waals surface area contributed by atoms with Crippen LogP contribution in [0.15, 0.2) is 24.5 Å². The number of carbonyl (C=O) groups is 1. The second kappa shape index (κ2) is 3.12. The minimum atomic E-state index is -0.316. The fraction of sp³-hybridized carbons (Fsp3) is 0.455. The molecule has 0 aromatic carbocycles. The van der Waals surface area contributed by atoms with Crippen LogP contribution in [0.5, 0.6) is 0 Å². The van der Waals surface area contributed by atoms with Crippen LogP contribution in [-0.4, -0.2) is 30.5 Å². The van der Waals surface area contributed by atoms with Gasteiger partial charge < -0.3 is 10.1 Å². The van der Waals surface area contributed by atoms with Crippen LogP contribution in [0.2, 0.25) is 0 Å². The van der Waals surface area contributed by atoms with Crippen molar-refractivity contribution in [3.05, 3.63) is 30.1 Å². The molecular weight excluding hydrogens is 192 g/mol. The molecule has 1 aromatic rings. The van der Waals surface area contributed by atoms with Gasteiger partial charge in [0.1, 0.15) is 6.10 Å². The van der Waals surface area contributed by atoms with Gasteiger partial charge in [-0.2, -0.15) is 0 Å². The molecule has 2 saturated heterocycles. The lowest BCUT2D eigenvalue weighted by Gasteiger charge is -2.44. The van der Waals surface area contributed by atoms with Crippen LogP contribution >= 0.6 is 0 Å². The van der Waals surface area contributed by atoms with Gasteiger partial charge in [-0.05, 0) is 6.07 Å². The van der Waals surface area contributed by atoms with Gasteiger partial charge in [-0.15, -0.1) is 0 Å². The fourth-order valence-electron chi connectivity index (χ4n) is 2.36. The Morgan fingerprint density at radius 2 is 2.53 bits per heavy atom. The number of rotatable bonds is 1. The predicted octanol–water partition coefficient (Wildman–Crippen LogP) is 0.312. The van der Waals surface area contributed by atoms with Gasteiger partial charge in [0.2, 0.25) is 0 Å². The van der Waals surface area contributed by atoms with Crippen molar-refractivity contribution in [1.82, 2.24) is 10.3 Å². The van der Waals surface area contributed by atoms with Crippen LogP contribution in [0.4, 0.5) is 0 Å². The molecule has 0 bridgehead atoms. The number of pyridine rings is 1. The molecule has 0 radical (unpaired) electrons. The van der Waals surface area contributed by atoms with Crippen molar-refractivity contribution in [2.24, 2.45) is 5.41 Å². The SMILES string of the molecule is O=C1CNCC12COC2c1cccnc1. The van der Waals surface area contributed by atoms with E-state index in [1.807, 2.05) is 12.1 Å². The normalized spacial score (nSPS) is 34.4. The number of ketones is 1. The summed E-state index contributed by atoms with van der Waals surface area (Å²) in [5, 5.41) is 3.11.